The highest BCUT2D eigenvalue weighted by molar-refractivity contribution is 4.39. The van der Waals surface area contributed by atoms with E-state index in [-0.39, 0.29) is 6.61 Å². The number of aliphatic hydroxyl groups excluding tert-OH is 1. The molecule has 4 heteroatoms. The minimum Gasteiger partial charge on any atom is -0.774 e. The molecular formula is C3H9N2O2-. The average Bonchev–Trinajstić information content (AvgIpc) is 1.68. The second-order valence-electron chi connectivity index (χ2n) is 1.24. The molecule has 0 radical (unpaired) electrons. The molecular weight excluding hydrogens is 96.0 g/mol. The maximum atomic E-state index is 9.58. The van der Waals surface area contributed by atoms with Crippen LogP contribution >= 0.6 is 0 Å². The Labute approximate surface area is 42.3 Å². The van der Waals surface area contributed by atoms with Gasteiger partial charge in [0, 0.05) is 13.6 Å². The Kier molecular flexibility index (Phi) is 3.92. The number of hydrogen-bond acceptors (Lipinski definition) is 4. The molecule has 0 unspecified atom stereocenters. The molecule has 0 aromatic rings. The molecule has 44 valence electrons. The molecule has 0 rings (SSSR count). The van der Waals surface area contributed by atoms with E-state index in [2.05, 4.69) is 0 Å². The van der Waals surface area contributed by atoms with Crippen molar-refractivity contribution in [2.75, 3.05) is 20.2 Å². The Balaban J connectivity index is 2.83. The first kappa shape index (κ1) is 6.84. The van der Waals surface area contributed by atoms with Gasteiger partial charge in [0.2, 0.25) is 0 Å². The van der Waals surface area contributed by atoms with E-state index in [9.17, 15) is 5.21 Å². The van der Waals surface area contributed by atoms with Crippen LogP contribution in [-0.2, 0) is 0 Å². The Morgan fingerprint density at radius 1 is 1.86 bits per heavy atom. The fourth-order valence-electron chi connectivity index (χ4n) is 0.196. The molecule has 0 aliphatic heterocycles. The van der Waals surface area contributed by atoms with Crippen LogP contribution < -0.4 is 5.59 Å². The van der Waals surface area contributed by atoms with Crippen molar-refractivity contribution >= 4 is 0 Å². The summed E-state index contributed by atoms with van der Waals surface area (Å²) in [6.07, 6.45) is 0. The fourth-order valence-corrected chi connectivity index (χ4v) is 0.196. The number of hydrogen-bond donors (Lipinski definition) is 2. The third kappa shape index (κ3) is 3.68. The highest BCUT2D eigenvalue weighted by Gasteiger charge is 1.83. The van der Waals surface area contributed by atoms with Crippen LogP contribution in [0.1, 0.15) is 0 Å². The Bertz CT molecular complexity index is 41.9. The van der Waals surface area contributed by atoms with Gasteiger partial charge in [-0.05, 0) is 0 Å². The molecule has 2 N–H and O–H groups in total. The molecule has 0 atom stereocenters. The maximum Gasteiger partial charge on any atom is 0.0572 e. The summed E-state index contributed by atoms with van der Waals surface area (Å²) in [5.74, 6) is 0. The Morgan fingerprint density at radius 3 is 2.57 bits per heavy atom. The van der Waals surface area contributed by atoms with Crippen LogP contribution in [0.5, 0.6) is 0 Å². The summed E-state index contributed by atoms with van der Waals surface area (Å²) in [4.78, 5) is 0. The van der Waals surface area contributed by atoms with Gasteiger partial charge in [0.05, 0.1) is 6.61 Å². The topological polar surface area (TPSA) is 58.6 Å². The maximum absolute atomic E-state index is 9.58. The lowest BCUT2D eigenvalue weighted by Crippen LogP contribution is -2.31. The predicted molar refractivity (Wildman–Crippen MR) is 26.2 cm³/mol. The van der Waals surface area contributed by atoms with E-state index in [0.29, 0.717) is 6.54 Å². The van der Waals surface area contributed by atoms with Crippen LogP contribution in [0.3, 0.4) is 0 Å². The average molecular weight is 105 g/mol. The van der Waals surface area contributed by atoms with E-state index >= 15 is 0 Å². The lowest BCUT2D eigenvalue weighted by molar-refractivity contribution is 0.195. The summed E-state index contributed by atoms with van der Waals surface area (Å²) < 4.78 is 0. The third-order valence-electron chi connectivity index (χ3n) is 0.591. The predicted octanol–water partition coefficient (Wildman–Crippen LogP) is -1.09. The van der Waals surface area contributed by atoms with Crippen molar-refractivity contribution in [2.24, 2.45) is 0 Å². The van der Waals surface area contributed by atoms with Gasteiger partial charge in [0.1, 0.15) is 0 Å². The van der Waals surface area contributed by atoms with Crippen molar-refractivity contribution in [3.63, 3.8) is 0 Å². The largest absolute Gasteiger partial charge is 0.774 e. The molecule has 0 aliphatic rings. The normalized spacial score (nSPS) is 10.3. The molecule has 0 saturated carbocycles. The second-order valence-corrected chi connectivity index (χ2v) is 1.24. The van der Waals surface area contributed by atoms with Gasteiger partial charge >= 0.3 is 0 Å². The molecule has 0 aliphatic carbocycles. The Hall–Kier alpha value is -0.160. The molecule has 0 amide bonds. The van der Waals surface area contributed by atoms with Crippen LogP contribution in [0.2, 0.25) is 0 Å². The number of nitrogens with one attached hydrogen (secondary N) is 1. The number of likely N-dealkylation sites (N-methyl/N-ethyl adjacent to an activating group) is 1. The first-order valence-corrected chi connectivity index (χ1v) is 2.01. The minimum absolute atomic E-state index is 0.00569. The van der Waals surface area contributed by atoms with Gasteiger partial charge in [0.25, 0.3) is 0 Å². The van der Waals surface area contributed by atoms with Crippen LogP contribution in [0.15, 0.2) is 0 Å². The summed E-state index contributed by atoms with van der Waals surface area (Å²) in [6, 6.07) is 0. The van der Waals surface area contributed by atoms with E-state index in [4.69, 9.17) is 5.11 Å². The zero-order valence-corrected chi connectivity index (χ0v) is 4.22. The molecule has 0 heterocycles. The smallest absolute Gasteiger partial charge is 0.0572 e. The number of aliphatic hydroxyl groups is 1. The van der Waals surface area contributed by atoms with Crippen molar-refractivity contribution in [3.05, 3.63) is 5.21 Å². The van der Waals surface area contributed by atoms with Gasteiger partial charge in [-0.15, -0.1) is 0 Å². The number of rotatable bonds is 3. The second kappa shape index (κ2) is 4.01. The van der Waals surface area contributed by atoms with E-state index in [1.165, 1.54) is 5.01 Å². The van der Waals surface area contributed by atoms with Crippen molar-refractivity contribution < 1.29 is 5.11 Å². The molecule has 0 bridgehead atoms. The molecule has 0 fully saturated rings. The van der Waals surface area contributed by atoms with Crippen LogP contribution in [0.4, 0.5) is 0 Å². The minimum atomic E-state index is 0.00569. The summed E-state index contributed by atoms with van der Waals surface area (Å²) in [6.45, 7) is 0.370. The van der Waals surface area contributed by atoms with E-state index in [1.807, 2.05) is 0 Å². The first-order valence-electron chi connectivity index (χ1n) is 2.01. The van der Waals surface area contributed by atoms with Gasteiger partial charge in [0.15, 0.2) is 0 Å². The highest BCUT2D eigenvalue weighted by atomic mass is 16.5. The lowest BCUT2D eigenvalue weighted by atomic mass is 10.7. The van der Waals surface area contributed by atoms with E-state index in [0.717, 1.165) is 0 Å². The summed E-state index contributed by atoms with van der Waals surface area (Å²) in [5, 5.41) is 19.0. The number of nitrogens with zero attached hydrogens (tertiary/aromatic N) is 1. The summed E-state index contributed by atoms with van der Waals surface area (Å²) >= 11 is 0. The monoisotopic (exact) mass is 105 g/mol. The molecule has 0 saturated heterocycles. The van der Waals surface area contributed by atoms with Crippen molar-refractivity contribution in [1.82, 2.24) is 10.6 Å². The van der Waals surface area contributed by atoms with Gasteiger partial charge in [-0.25, -0.2) is 0 Å². The SMILES string of the molecule is CN(CCO)N[O-]. The van der Waals surface area contributed by atoms with Gasteiger partial charge in [-0.1, -0.05) is 0 Å². The zero-order chi connectivity index (χ0) is 5.70. The van der Waals surface area contributed by atoms with Gasteiger partial charge in [-0.2, -0.15) is 0 Å². The third-order valence-corrected chi connectivity index (χ3v) is 0.591. The van der Waals surface area contributed by atoms with E-state index < -0.39 is 0 Å². The molecule has 4 nitrogen and oxygen atoms in total. The number of hydrazine groups is 1. The van der Waals surface area contributed by atoms with E-state index in [1.54, 1.807) is 12.6 Å². The zero-order valence-electron chi connectivity index (χ0n) is 4.22. The molecule has 0 aromatic heterocycles. The van der Waals surface area contributed by atoms with Crippen molar-refractivity contribution in [2.45, 2.75) is 0 Å². The van der Waals surface area contributed by atoms with Crippen LogP contribution in [0, 0.1) is 5.21 Å². The lowest BCUT2D eigenvalue weighted by Gasteiger charge is -2.19. The molecule has 7 heavy (non-hydrogen) atoms. The van der Waals surface area contributed by atoms with Crippen molar-refractivity contribution in [3.8, 4) is 0 Å². The standard InChI is InChI=1S/C3H9N2O2/c1-5(4-7)2-3-6/h4,6H,2-3H2,1H3/q-1. The van der Waals surface area contributed by atoms with Crippen molar-refractivity contribution in [1.29, 1.82) is 0 Å². The Morgan fingerprint density at radius 2 is 2.43 bits per heavy atom. The van der Waals surface area contributed by atoms with Crippen LogP contribution in [-0.4, -0.2) is 30.3 Å². The molecule has 0 aromatic carbocycles. The fraction of sp³-hybridized carbons (Fsp3) is 1.00. The quantitative estimate of drug-likeness (QED) is 0.448. The van der Waals surface area contributed by atoms with Gasteiger partial charge < -0.3 is 15.9 Å². The van der Waals surface area contributed by atoms with Gasteiger partial charge in [-0.3, -0.25) is 5.01 Å². The first-order chi connectivity index (χ1) is 3.31. The van der Waals surface area contributed by atoms with Crippen LogP contribution in [0.25, 0.3) is 0 Å². The highest BCUT2D eigenvalue weighted by Crippen LogP contribution is 1.67. The summed E-state index contributed by atoms with van der Waals surface area (Å²) in [7, 11) is 1.56. The summed E-state index contributed by atoms with van der Waals surface area (Å²) in [5.41, 5.74) is 1.59. The molecule has 0 spiro atoms.